The van der Waals surface area contributed by atoms with Crippen LogP contribution >= 0.6 is 0 Å². The predicted molar refractivity (Wildman–Crippen MR) is 126 cm³/mol. The van der Waals surface area contributed by atoms with Crippen LogP contribution in [0.25, 0.3) is 0 Å². The molecule has 2 aromatic rings. The first-order chi connectivity index (χ1) is 15.9. The number of hydrogen-bond acceptors (Lipinski definition) is 7. The van der Waals surface area contributed by atoms with Crippen molar-refractivity contribution in [2.24, 2.45) is 0 Å². The Hall–Kier alpha value is -2.69. The summed E-state index contributed by atoms with van der Waals surface area (Å²) in [6.45, 7) is 5.05. The van der Waals surface area contributed by atoms with E-state index in [4.69, 9.17) is 4.74 Å². The zero-order chi connectivity index (χ0) is 23.3. The lowest BCUT2D eigenvalue weighted by Gasteiger charge is -2.35. The number of piperidine rings is 1. The van der Waals surface area contributed by atoms with Crippen molar-refractivity contribution < 1.29 is 18.1 Å². The predicted octanol–water partition coefficient (Wildman–Crippen LogP) is 2.97. The lowest BCUT2D eigenvalue weighted by Crippen LogP contribution is -2.47. The molecule has 0 aromatic heterocycles. The van der Waals surface area contributed by atoms with E-state index in [-0.39, 0.29) is 10.6 Å². The highest BCUT2D eigenvalue weighted by Crippen LogP contribution is 2.33. The number of rotatable bonds is 8. The maximum atomic E-state index is 13.0. The first kappa shape index (κ1) is 23.5. The minimum Gasteiger partial charge on any atom is -0.492 e. The van der Waals surface area contributed by atoms with Gasteiger partial charge in [0.15, 0.2) is 0 Å². The number of nitro benzene ring substituents is 1. The number of piperazine rings is 1. The number of anilines is 1. The molecule has 0 amide bonds. The Balaban J connectivity index is 1.39. The molecule has 2 fully saturated rings. The Bertz CT molecular complexity index is 1050. The number of para-hydroxylation sites is 1. The van der Waals surface area contributed by atoms with Gasteiger partial charge >= 0.3 is 0 Å². The molecule has 2 saturated heterocycles. The Morgan fingerprint density at radius 3 is 2.27 bits per heavy atom. The molecular weight excluding hydrogens is 444 g/mol. The first-order valence-electron chi connectivity index (χ1n) is 11.4. The van der Waals surface area contributed by atoms with E-state index in [2.05, 4.69) is 4.90 Å². The van der Waals surface area contributed by atoms with Crippen molar-refractivity contribution in [2.75, 3.05) is 57.3 Å². The topological polar surface area (TPSA) is 96.2 Å². The smallest absolute Gasteiger partial charge is 0.293 e. The maximum absolute atomic E-state index is 13.0. The average molecular weight is 475 g/mol. The van der Waals surface area contributed by atoms with Gasteiger partial charge in [-0.2, -0.15) is 4.31 Å². The van der Waals surface area contributed by atoms with Crippen LogP contribution < -0.4 is 9.64 Å². The van der Waals surface area contributed by atoms with Crippen LogP contribution in [-0.4, -0.2) is 75.0 Å². The Kier molecular flexibility index (Phi) is 7.46. The zero-order valence-electron chi connectivity index (χ0n) is 18.6. The van der Waals surface area contributed by atoms with Crippen LogP contribution in [0.3, 0.4) is 0 Å². The molecule has 2 aromatic carbocycles. The highest BCUT2D eigenvalue weighted by molar-refractivity contribution is 7.89. The molecule has 0 N–H and O–H groups in total. The lowest BCUT2D eigenvalue weighted by molar-refractivity contribution is -0.384. The van der Waals surface area contributed by atoms with Crippen molar-refractivity contribution in [3.63, 3.8) is 0 Å². The molecule has 2 aliphatic rings. The second kappa shape index (κ2) is 10.5. The maximum Gasteiger partial charge on any atom is 0.293 e. The summed E-state index contributed by atoms with van der Waals surface area (Å²) in [5, 5.41) is 11.8. The van der Waals surface area contributed by atoms with Crippen molar-refractivity contribution in [3.05, 3.63) is 58.6 Å². The average Bonchev–Trinajstić information content (AvgIpc) is 2.85. The van der Waals surface area contributed by atoms with Gasteiger partial charge in [0.1, 0.15) is 18.0 Å². The van der Waals surface area contributed by atoms with E-state index < -0.39 is 14.9 Å². The number of nitrogens with zero attached hydrogens (tertiary/aromatic N) is 4. The van der Waals surface area contributed by atoms with Gasteiger partial charge in [-0.05, 0) is 37.1 Å². The summed E-state index contributed by atoms with van der Waals surface area (Å²) < 4.78 is 33.1. The minimum absolute atomic E-state index is 0.00320. The fraction of sp³-hybridized carbons (Fsp3) is 0.478. The second-order valence-corrected chi connectivity index (χ2v) is 10.3. The van der Waals surface area contributed by atoms with Crippen molar-refractivity contribution in [3.8, 4) is 5.75 Å². The zero-order valence-corrected chi connectivity index (χ0v) is 19.5. The van der Waals surface area contributed by atoms with Gasteiger partial charge < -0.3 is 9.64 Å². The van der Waals surface area contributed by atoms with Crippen LogP contribution in [0.2, 0.25) is 0 Å². The number of benzene rings is 2. The van der Waals surface area contributed by atoms with Crippen molar-refractivity contribution in [2.45, 2.75) is 24.2 Å². The molecule has 0 atom stereocenters. The lowest BCUT2D eigenvalue weighted by atomic mass is 10.2. The van der Waals surface area contributed by atoms with E-state index in [1.165, 1.54) is 16.4 Å². The molecule has 0 unspecified atom stereocenters. The standard InChI is InChI=1S/C23H30N4O5S/c28-27(29)23-19-21(33(30,31)26-11-5-2-6-12-26)9-10-22(23)25-15-13-24(14-16-25)17-18-32-20-7-3-1-4-8-20/h1,3-4,7-10,19H,2,5-6,11-18H2. The van der Waals surface area contributed by atoms with Crippen LogP contribution in [-0.2, 0) is 10.0 Å². The summed E-state index contributed by atoms with van der Waals surface area (Å²) in [7, 11) is -3.72. The summed E-state index contributed by atoms with van der Waals surface area (Å²) in [4.78, 5) is 15.5. The molecule has 9 nitrogen and oxygen atoms in total. The summed E-state index contributed by atoms with van der Waals surface area (Å²) in [5.74, 6) is 0.839. The van der Waals surface area contributed by atoms with E-state index in [0.29, 0.717) is 38.5 Å². The molecule has 178 valence electrons. The van der Waals surface area contributed by atoms with Gasteiger partial charge in [-0.1, -0.05) is 24.6 Å². The largest absolute Gasteiger partial charge is 0.492 e. The molecule has 4 rings (SSSR count). The molecule has 0 aliphatic carbocycles. The third-order valence-electron chi connectivity index (χ3n) is 6.23. The fourth-order valence-corrected chi connectivity index (χ4v) is 5.89. The number of ether oxygens (including phenoxy) is 1. The first-order valence-corrected chi connectivity index (χ1v) is 12.8. The summed E-state index contributed by atoms with van der Waals surface area (Å²) in [6.07, 6.45) is 2.65. The van der Waals surface area contributed by atoms with Gasteiger partial charge in [-0.15, -0.1) is 0 Å². The Labute approximate surface area is 194 Å². The van der Waals surface area contributed by atoms with Crippen LogP contribution in [0.1, 0.15) is 19.3 Å². The molecule has 2 heterocycles. The third kappa shape index (κ3) is 5.63. The highest BCUT2D eigenvalue weighted by Gasteiger charge is 2.30. The molecular formula is C23H30N4O5S. The van der Waals surface area contributed by atoms with Crippen molar-refractivity contribution >= 4 is 21.4 Å². The van der Waals surface area contributed by atoms with Gasteiger partial charge in [0, 0.05) is 51.9 Å². The number of sulfonamides is 1. The molecule has 0 radical (unpaired) electrons. The Morgan fingerprint density at radius 1 is 0.909 bits per heavy atom. The van der Waals surface area contributed by atoms with E-state index >= 15 is 0 Å². The highest BCUT2D eigenvalue weighted by atomic mass is 32.2. The third-order valence-corrected chi connectivity index (χ3v) is 8.12. The van der Waals surface area contributed by atoms with Crippen LogP contribution in [0, 0.1) is 10.1 Å². The molecule has 10 heteroatoms. The van der Waals surface area contributed by atoms with E-state index in [1.807, 2.05) is 35.2 Å². The molecule has 33 heavy (non-hydrogen) atoms. The summed E-state index contributed by atoms with van der Waals surface area (Å²) in [5.41, 5.74) is 0.312. The number of hydrogen-bond donors (Lipinski definition) is 0. The van der Waals surface area contributed by atoms with Crippen molar-refractivity contribution in [1.82, 2.24) is 9.21 Å². The fourth-order valence-electron chi connectivity index (χ4n) is 4.35. The van der Waals surface area contributed by atoms with E-state index in [1.54, 1.807) is 6.07 Å². The number of nitro groups is 1. The van der Waals surface area contributed by atoms with Gasteiger partial charge in [0.05, 0.1) is 9.82 Å². The van der Waals surface area contributed by atoms with Gasteiger partial charge in [0.25, 0.3) is 5.69 Å². The van der Waals surface area contributed by atoms with E-state index in [0.717, 1.165) is 44.6 Å². The van der Waals surface area contributed by atoms with Gasteiger partial charge in [-0.25, -0.2) is 8.42 Å². The van der Waals surface area contributed by atoms with Crippen LogP contribution in [0.4, 0.5) is 11.4 Å². The molecule has 2 aliphatic heterocycles. The minimum atomic E-state index is -3.72. The van der Waals surface area contributed by atoms with Gasteiger partial charge in [-0.3, -0.25) is 15.0 Å². The van der Waals surface area contributed by atoms with Gasteiger partial charge in [0.2, 0.25) is 10.0 Å². The summed E-state index contributed by atoms with van der Waals surface area (Å²) >= 11 is 0. The quantitative estimate of drug-likeness (QED) is 0.429. The van der Waals surface area contributed by atoms with E-state index in [9.17, 15) is 18.5 Å². The molecule has 0 spiro atoms. The van der Waals surface area contributed by atoms with Crippen molar-refractivity contribution in [1.29, 1.82) is 0 Å². The Morgan fingerprint density at radius 2 is 1.61 bits per heavy atom. The SMILES string of the molecule is O=[N+]([O-])c1cc(S(=O)(=O)N2CCCCC2)ccc1N1CCN(CCOc2ccccc2)CC1. The molecule has 0 bridgehead atoms. The monoisotopic (exact) mass is 474 g/mol. The summed E-state index contributed by atoms with van der Waals surface area (Å²) in [6, 6.07) is 14.0. The molecule has 0 saturated carbocycles. The second-order valence-electron chi connectivity index (χ2n) is 8.36. The van der Waals surface area contributed by atoms with Crippen LogP contribution in [0.5, 0.6) is 5.75 Å². The normalized spacial score (nSPS) is 18.2. The van der Waals surface area contributed by atoms with Crippen LogP contribution in [0.15, 0.2) is 53.4 Å².